The Hall–Kier alpha value is -0.790. The van der Waals surface area contributed by atoms with Gasteiger partial charge < -0.3 is 20.8 Å². The Kier molecular flexibility index (Phi) is 3.95. The highest BCUT2D eigenvalue weighted by Crippen LogP contribution is 2.18. The summed E-state index contributed by atoms with van der Waals surface area (Å²) in [5.41, 5.74) is 5.46. The van der Waals surface area contributed by atoms with Gasteiger partial charge in [0.25, 0.3) is 0 Å². The highest BCUT2D eigenvalue weighted by atomic mass is 32.1. The third kappa shape index (κ3) is 2.61. The predicted octanol–water partition coefficient (Wildman–Crippen LogP) is -1.71. The molecule has 15 heavy (non-hydrogen) atoms. The predicted molar refractivity (Wildman–Crippen MR) is 55.6 cm³/mol. The summed E-state index contributed by atoms with van der Waals surface area (Å²) in [7, 11) is 0. The number of aliphatic hydroxyl groups is 1. The number of carbonyl (C=O) groups excluding carboxylic acids is 1. The Bertz CT molecular complexity index is 273. The molecule has 1 heterocycles. The minimum absolute atomic E-state index is 0.0251. The maximum absolute atomic E-state index is 11.6. The molecule has 0 aromatic heterocycles. The van der Waals surface area contributed by atoms with Crippen LogP contribution in [0, 0.1) is 0 Å². The van der Waals surface area contributed by atoms with Gasteiger partial charge in [-0.3, -0.25) is 4.79 Å². The van der Waals surface area contributed by atoms with Gasteiger partial charge in [0.1, 0.15) is 6.04 Å². The molecule has 0 spiro atoms. The number of β-amino-alcohol motifs (C(OH)–C–C–N with tert-alkyl or cyclic N) is 1. The molecule has 0 saturated carbocycles. The van der Waals surface area contributed by atoms with Crippen LogP contribution in [-0.2, 0) is 9.59 Å². The molecule has 0 bridgehead atoms. The van der Waals surface area contributed by atoms with E-state index >= 15 is 0 Å². The number of thiol groups is 1. The lowest BCUT2D eigenvalue weighted by molar-refractivity contribution is -0.148. The van der Waals surface area contributed by atoms with Crippen LogP contribution >= 0.6 is 12.6 Å². The van der Waals surface area contributed by atoms with Gasteiger partial charge in [0.15, 0.2) is 0 Å². The zero-order valence-corrected chi connectivity index (χ0v) is 8.93. The van der Waals surface area contributed by atoms with E-state index in [1.54, 1.807) is 0 Å². The van der Waals surface area contributed by atoms with Gasteiger partial charge in [-0.1, -0.05) is 0 Å². The van der Waals surface area contributed by atoms with Crippen molar-refractivity contribution in [2.75, 3.05) is 12.3 Å². The molecule has 0 aliphatic carbocycles. The first-order chi connectivity index (χ1) is 6.97. The number of aliphatic carboxylic acids is 1. The summed E-state index contributed by atoms with van der Waals surface area (Å²) >= 11 is 3.87. The zero-order chi connectivity index (χ0) is 11.6. The second kappa shape index (κ2) is 4.82. The fraction of sp³-hybridized carbons (Fsp3) is 0.750. The summed E-state index contributed by atoms with van der Waals surface area (Å²) in [6.45, 7) is 0.0251. The van der Waals surface area contributed by atoms with Gasteiger partial charge in [0.2, 0.25) is 5.91 Å². The summed E-state index contributed by atoms with van der Waals surface area (Å²) < 4.78 is 0. The quantitative estimate of drug-likeness (QED) is 0.435. The fourth-order valence-corrected chi connectivity index (χ4v) is 1.74. The summed E-state index contributed by atoms with van der Waals surface area (Å²) in [6, 6.07) is -1.79. The van der Waals surface area contributed by atoms with Crippen LogP contribution in [0.25, 0.3) is 0 Å². The third-order valence-corrected chi connectivity index (χ3v) is 2.75. The lowest BCUT2D eigenvalue weighted by Crippen LogP contribution is -2.49. The first kappa shape index (κ1) is 12.3. The van der Waals surface area contributed by atoms with Crippen molar-refractivity contribution in [3.8, 4) is 0 Å². The molecular weight excluding hydrogens is 220 g/mol. The number of hydrogen-bond acceptors (Lipinski definition) is 5. The maximum Gasteiger partial charge on any atom is 0.326 e. The average molecular weight is 234 g/mol. The second-order valence-corrected chi connectivity index (χ2v) is 3.89. The number of aliphatic hydroxyl groups excluding tert-OH is 1. The number of carbonyl (C=O) groups is 2. The third-order valence-electron chi connectivity index (χ3n) is 2.36. The van der Waals surface area contributed by atoms with E-state index in [-0.39, 0.29) is 18.7 Å². The van der Waals surface area contributed by atoms with E-state index in [2.05, 4.69) is 12.6 Å². The van der Waals surface area contributed by atoms with E-state index in [1.807, 2.05) is 0 Å². The highest BCUT2D eigenvalue weighted by molar-refractivity contribution is 7.80. The Morgan fingerprint density at radius 2 is 2.20 bits per heavy atom. The minimum atomic E-state index is -1.12. The molecule has 1 aliphatic rings. The average Bonchev–Trinajstić information content (AvgIpc) is 2.58. The van der Waals surface area contributed by atoms with E-state index < -0.39 is 30.1 Å². The lowest BCUT2D eigenvalue weighted by atomic mass is 10.2. The summed E-state index contributed by atoms with van der Waals surface area (Å²) in [5, 5.41) is 18.1. The molecule has 0 aromatic carbocycles. The zero-order valence-electron chi connectivity index (χ0n) is 8.04. The molecule has 4 N–H and O–H groups in total. The Morgan fingerprint density at radius 1 is 1.60 bits per heavy atom. The monoisotopic (exact) mass is 234 g/mol. The molecule has 1 saturated heterocycles. The summed E-state index contributed by atoms with van der Waals surface area (Å²) in [4.78, 5) is 23.5. The number of nitrogens with zero attached hydrogens (tertiary/aromatic N) is 1. The number of carboxylic acid groups (broad SMARTS) is 1. The van der Waals surface area contributed by atoms with Crippen molar-refractivity contribution in [1.29, 1.82) is 0 Å². The largest absolute Gasteiger partial charge is 0.480 e. The number of amides is 1. The van der Waals surface area contributed by atoms with Gasteiger partial charge in [0.05, 0.1) is 12.1 Å². The van der Waals surface area contributed by atoms with E-state index in [0.29, 0.717) is 0 Å². The smallest absolute Gasteiger partial charge is 0.326 e. The van der Waals surface area contributed by atoms with Gasteiger partial charge >= 0.3 is 5.97 Å². The highest BCUT2D eigenvalue weighted by Gasteiger charge is 2.40. The van der Waals surface area contributed by atoms with Crippen LogP contribution in [0.15, 0.2) is 0 Å². The number of carboxylic acids is 1. The molecule has 6 nitrogen and oxygen atoms in total. The molecule has 7 heteroatoms. The normalized spacial score (nSPS) is 27.8. The molecule has 0 radical (unpaired) electrons. The lowest BCUT2D eigenvalue weighted by Gasteiger charge is -2.23. The minimum Gasteiger partial charge on any atom is -0.480 e. The first-order valence-corrected chi connectivity index (χ1v) is 5.18. The van der Waals surface area contributed by atoms with Crippen molar-refractivity contribution < 1.29 is 19.8 Å². The van der Waals surface area contributed by atoms with Crippen molar-refractivity contribution >= 4 is 24.5 Å². The number of nitrogens with two attached hydrogens (primary N) is 1. The molecule has 3 atom stereocenters. The van der Waals surface area contributed by atoms with Crippen LogP contribution in [0.4, 0.5) is 0 Å². The number of rotatable bonds is 3. The topological polar surface area (TPSA) is 104 Å². The van der Waals surface area contributed by atoms with E-state index in [1.165, 1.54) is 0 Å². The molecule has 3 unspecified atom stereocenters. The maximum atomic E-state index is 11.6. The van der Waals surface area contributed by atoms with Gasteiger partial charge in [-0.25, -0.2) is 4.79 Å². The van der Waals surface area contributed by atoms with Crippen LogP contribution in [-0.4, -0.2) is 57.5 Å². The van der Waals surface area contributed by atoms with Crippen LogP contribution < -0.4 is 5.73 Å². The molecule has 1 aliphatic heterocycles. The second-order valence-electron chi connectivity index (χ2n) is 3.52. The van der Waals surface area contributed by atoms with Crippen molar-refractivity contribution in [1.82, 2.24) is 4.90 Å². The van der Waals surface area contributed by atoms with E-state index in [0.717, 1.165) is 4.90 Å². The van der Waals surface area contributed by atoms with E-state index in [9.17, 15) is 14.7 Å². The van der Waals surface area contributed by atoms with Crippen molar-refractivity contribution in [2.45, 2.75) is 24.6 Å². The molecule has 1 rings (SSSR count). The van der Waals surface area contributed by atoms with Crippen molar-refractivity contribution in [2.24, 2.45) is 5.73 Å². The van der Waals surface area contributed by atoms with Crippen LogP contribution in [0.5, 0.6) is 0 Å². The first-order valence-electron chi connectivity index (χ1n) is 4.55. The van der Waals surface area contributed by atoms with Gasteiger partial charge in [-0.2, -0.15) is 12.6 Å². The van der Waals surface area contributed by atoms with Crippen LogP contribution in [0.2, 0.25) is 0 Å². The van der Waals surface area contributed by atoms with Crippen molar-refractivity contribution in [3.63, 3.8) is 0 Å². The van der Waals surface area contributed by atoms with Crippen LogP contribution in [0.1, 0.15) is 6.42 Å². The molecule has 1 fully saturated rings. The SMILES string of the molecule is NC(CS)C(=O)N1CC(O)CC1C(=O)O. The van der Waals surface area contributed by atoms with Gasteiger partial charge in [-0.05, 0) is 0 Å². The van der Waals surface area contributed by atoms with Gasteiger partial charge in [0, 0.05) is 18.7 Å². The Morgan fingerprint density at radius 3 is 2.67 bits per heavy atom. The van der Waals surface area contributed by atoms with E-state index in [4.69, 9.17) is 10.8 Å². The van der Waals surface area contributed by atoms with Crippen molar-refractivity contribution in [3.05, 3.63) is 0 Å². The summed E-state index contributed by atoms with van der Waals surface area (Å²) in [6.07, 6.45) is -0.734. The standard InChI is InChI=1S/C8H14N2O4S/c9-5(3-15)7(12)10-2-4(11)1-6(10)8(13)14/h4-6,11,15H,1-3,9H2,(H,13,14). The fourth-order valence-electron chi connectivity index (χ4n) is 1.58. The summed E-state index contributed by atoms with van der Waals surface area (Å²) in [5.74, 6) is -1.45. The number of hydrogen-bond donors (Lipinski definition) is 4. The molecule has 0 aromatic rings. The van der Waals surface area contributed by atoms with Crippen LogP contribution in [0.3, 0.4) is 0 Å². The molecular formula is C8H14N2O4S. The Labute approximate surface area is 92.5 Å². The Balaban J connectivity index is 2.75. The molecule has 1 amide bonds. The van der Waals surface area contributed by atoms with Gasteiger partial charge in [-0.15, -0.1) is 0 Å². The molecule has 86 valence electrons. The number of likely N-dealkylation sites (tertiary alicyclic amines) is 1.